The monoisotopic (exact) mass is 214 g/mol. The van der Waals surface area contributed by atoms with Gasteiger partial charge >= 0.3 is 0 Å². The zero-order chi connectivity index (χ0) is 11.4. The van der Waals surface area contributed by atoms with E-state index in [0.717, 1.165) is 19.5 Å². The fraction of sp³-hybridized carbons (Fsp3) is 0.909. The van der Waals surface area contributed by atoms with Crippen LogP contribution in [0, 0.1) is 5.92 Å². The van der Waals surface area contributed by atoms with Gasteiger partial charge in [0, 0.05) is 19.6 Å². The van der Waals surface area contributed by atoms with Gasteiger partial charge in [-0.1, -0.05) is 13.8 Å². The van der Waals surface area contributed by atoms with Crippen LogP contribution in [0.25, 0.3) is 0 Å². The smallest absolute Gasteiger partial charge is 0.237 e. The van der Waals surface area contributed by atoms with Crippen LogP contribution in [0.3, 0.4) is 0 Å². The number of hydrogen-bond donors (Lipinski definition) is 2. The zero-order valence-corrected chi connectivity index (χ0v) is 9.86. The molecule has 0 bridgehead atoms. The van der Waals surface area contributed by atoms with Crippen molar-refractivity contribution >= 4 is 5.91 Å². The molecule has 4 heteroatoms. The highest BCUT2D eigenvalue weighted by molar-refractivity contribution is 5.81. The molecule has 1 saturated heterocycles. The van der Waals surface area contributed by atoms with Crippen LogP contribution in [0.4, 0.5) is 0 Å². The lowest BCUT2D eigenvalue weighted by molar-refractivity contribution is -0.125. The van der Waals surface area contributed by atoms with Crippen molar-refractivity contribution in [1.82, 2.24) is 10.2 Å². The SMILES string of the molecule is CC(C)CNC(=O)C(C)N1CC[C@@H](O)C1. The molecule has 88 valence electrons. The minimum Gasteiger partial charge on any atom is -0.392 e. The van der Waals surface area contributed by atoms with Crippen LogP contribution < -0.4 is 5.32 Å². The summed E-state index contributed by atoms with van der Waals surface area (Å²) in [6, 6.07) is -0.124. The minimum atomic E-state index is -0.259. The van der Waals surface area contributed by atoms with E-state index in [1.807, 2.05) is 11.8 Å². The third-order valence-corrected chi connectivity index (χ3v) is 2.81. The summed E-state index contributed by atoms with van der Waals surface area (Å²) in [5, 5.41) is 12.3. The van der Waals surface area contributed by atoms with Crippen molar-refractivity contribution in [2.75, 3.05) is 19.6 Å². The molecule has 1 fully saturated rings. The predicted octanol–water partition coefficient (Wildman–Crippen LogP) is 0.214. The molecule has 0 aromatic rings. The van der Waals surface area contributed by atoms with E-state index < -0.39 is 0 Å². The summed E-state index contributed by atoms with van der Waals surface area (Å²) in [7, 11) is 0. The van der Waals surface area contributed by atoms with Gasteiger partial charge in [0.1, 0.15) is 0 Å². The molecule has 1 aliphatic rings. The summed E-state index contributed by atoms with van der Waals surface area (Å²) in [4.78, 5) is 13.7. The van der Waals surface area contributed by atoms with Crippen molar-refractivity contribution in [3.8, 4) is 0 Å². The highest BCUT2D eigenvalue weighted by Gasteiger charge is 2.28. The molecule has 1 heterocycles. The van der Waals surface area contributed by atoms with Gasteiger partial charge in [-0.2, -0.15) is 0 Å². The number of β-amino-alcohol motifs (C(OH)–C–C–N with tert-alkyl or cyclic N) is 1. The Morgan fingerprint density at radius 3 is 2.67 bits per heavy atom. The Kier molecular flexibility index (Phi) is 4.54. The Balaban J connectivity index is 2.32. The molecule has 2 N–H and O–H groups in total. The van der Waals surface area contributed by atoms with Crippen molar-refractivity contribution in [2.24, 2.45) is 5.92 Å². The number of amides is 1. The minimum absolute atomic E-state index is 0.0674. The molecule has 1 amide bonds. The zero-order valence-electron chi connectivity index (χ0n) is 9.86. The van der Waals surface area contributed by atoms with Gasteiger partial charge in [0.25, 0.3) is 0 Å². The van der Waals surface area contributed by atoms with Crippen LogP contribution in [0.1, 0.15) is 27.2 Å². The number of aliphatic hydroxyl groups excluding tert-OH is 1. The summed E-state index contributed by atoms with van der Waals surface area (Å²) in [5.74, 6) is 0.545. The molecule has 0 aromatic heterocycles. The van der Waals surface area contributed by atoms with E-state index in [9.17, 15) is 9.90 Å². The highest BCUT2D eigenvalue weighted by Crippen LogP contribution is 2.12. The number of aliphatic hydroxyl groups is 1. The van der Waals surface area contributed by atoms with E-state index in [0.29, 0.717) is 12.5 Å². The van der Waals surface area contributed by atoms with Gasteiger partial charge in [-0.15, -0.1) is 0 Å². The van der Waals surface area contributed by atoms with Crippen LogP contribution in [-0.4, -0.2) is 47.7 Å². The average Bonchev–Trinajstić information content (AvgIpc) is 2.60. The highest BCUT2D eigenvalue weighted by atomic mass is 16.3. The number of carbonyl (C=O) groups excluding carboxylic acids is 1. The van der Waals surface area contributed by atoms with Gasteiger partial charge in [0.05, 0.1) is 12.1 Å². The molecule has 0 aromatic carbocycles. The maximum Gasteiger partial charge on any atom is 0.237 e. The first kappa shape index (κ1) is 12.5. The molecule has 0 saturated carbocycles. The normalized spacial score (nSPS) is 24.5. The third kappa shape index (κ3) is 3.80. The topological polar surface area (TPSA) is 52.6 Å². The Morgan fingerprint density at radius 2 is 2.20 bits per heavy atom. The second-order valence-electron chi connectivity index (χ2n) is 4.75. The quantitative estimate of drug-likeness (QED) is 0.703. The van der Waals surface area contributed by atoms with E-state index in [1.54, 1.807) is 0 Å². The molecule has 0 radical (unpaired) electrons. The Morgan fingerprint density at radius 1 is 1.53 bits per heavy atom. The van der Waals surface area contributed by atoms with E-state index >= 15 is 0 Å². The molecule has 4 nitrogen and oxygen atoms in total. The lowest BCUT2D eigenvalue weighted by Crippen LogP contribution is -2.45. The molecular weight excluding hydrogens is 192 g/mol. The predicted molar refractivity (Wildman–Crippen MR) is 59.5 cm³/mol. The van der Waals surface area contributed by atoms with Gasteiger partial charge in [-0.25, -0.2) is 0 Å². The van der Waals surface area contributed by atoms with Crippen LogP contribution in [0.15, 0.2) is 0 Å². The first-order valence-electron chi connectivity index (χ1n) is 5.70. The summed E-state index contributed by atoms with van der Waals surface area (Å²) < 4.78 is 0. The van der Waals surface area contributed by atoms with Crippen molar-refractivity contribution < 1.29 is 9.90 Å². The number of likely N-dealkylation sites (tertiary alicyclic amines) is 1. The lowest BCUT2D eigenvalue weighted by atomic mass is 10.2. The number of hydrogen-bond acceptors (Lipinski definition) is 3. The number of rotatable bonds is 4. The number of nitrogens with zero attached hydrogens (tertiary/aromatic N) is 1. The molecule has 1 unspecified atom stereocenters. The van der Waals surface area contributed by atoms with Crippen molar-refractivity contribution in [1.29, 1.82) is 0 Å². The number of nitrogens with one attached hydrogen (secondary N) is 1. The third-order valence-electron chi connectivity index (χ3n) is 2.81. The Bertz CT molecular complexity index is 219. The van der Waals surface area contributed by atoms with E-state index in [1.165, 1.54) is 0 Å². The first-order chi connectivity index (χ1) is 7.00. The molecule has 2 atom stereocenters. The van der Waals surface area contributed by atoms with Crippen LogP contribution in [0.5, 0.6) is 0 Å². The Labute approximate surface area is 91.6 Å². The molecular formula is C11H22N2O2. The van der Waals surface area contributed by atoms with Gasteiger partial charge < -0.3 is 10.4 Å². The van der Waals surface area contributed by atoms with Crippen LogP contribution in [0.2, 0.25) is 0 Å². The van der Waals surface area contributed by atoms with E-state index in [4.69, 9.17) is 0 Å². The van der Waals surface area contributed by atoms with Gasteiger partial charge in [0.15, 0.2) is 0 Å². The standard InChI is InChI=1S/C11H22N2O2/c1-8(2)6-12-11(15)9(3)13-5-4-10(14)7-13/h8-10,14H,4-7H2,1-3H3,(H,12,15)/t9?,10-/m1/s1. The maximum atomic E-state index is 11.7. The number of carbonyl (C=O) groups is 1. The fourth-order valence-electron chi connectivity index (χ4n) is 1.74. The van der Waals surface area contributed by atoms with Crippen molar-refractivity contribution in [3.05, 3.63) is 0 Å². The van der Waals surface area contributed by atoms with Crippen LogP contribution in [-0.2, 0) is 4.79 Å². The Hall–Kier alpha value is -0.610. The fourth-order valence-corrected chi connectivity index (χ4v) is 1.74. The van der Waals surface area contributed by atoms with Gasteiger partial charge in [0.2, 0.25) is 5.91 Å². The summed E-state index contributed by atoms with van der Waals surface area (Å²) >= 11 is 0. The molecule has 0 aliphatic carbocycles. The molecule has 1 aliphatic heterocycles. The van der Waals surface area contributed by atoms with Crippen molar-refractivity contribution in [3.63, 3.8) is 0 Å². The van der Waals surface area contributed by atoms with Crippen LogP contribution >= 0.6 is 0 Å². The van der Waals surface area contributed by atoms with Crippen molar-refractivity contribution in [2.45, 2.75) is 39.3 Å². The molecule has 0 spiro atoms. The lowest BCUT2D eigenvalue weighted by Gasteiger charge is -2.23. The molecule has 15 heavy (non-hydrogen) atoms. The first-order valence-corrected chi connectivity index (χ1v) is 5.70. The maximum absolute atomic E-state index is 11.7. The summed E-state index contributed by atoms with van der Waals surface area (Å²) in [5.41, 5.74) is 0. The van der Waals surface area contributed by atoms with Gasteiger partial charge in [-0.3, -0.25) is 9.69 Å². The summed E-state index contributed by atoms with van der Waals surface area (Å²) in [6.07, 6.45) is 0.521. The molecule has 1 rings (SSSR count). The average molecular weight is 214 g/mol. The van der Waals surface area contributed by atoms with E-state index in [-0.39, 0.29) is 18.1 Å². The van der Waals surface area contributed by atoms with Gasteiger partial charge in [-0.05, 0) is 19.3 Å². The largest absolute Gasteiger partial charge is 0.392 e. The van der Waals surface area contributed by atoms with E-state index in [2.05, 4.69) is 19.2 Å². The second kappa shape index (κ2) is 5.47. The second-order valence-corrected chi connectivity index (χ2v) is 4.75. The summed E-state index contributed by atoms with van der Waals surface area (Å²) in [6.45, 7) is 8.20.